The molecule has 0 saturated carbocycles. The zero-order chi connectivity index (χ0) is 22.6. The first-order valence-corrected chi connectivity index (χ1v) is 8.91. The number of nitrogens with one attached hydrogen (secondary N) is 1. The molecule has 3 amide bonds. The van der Waals surface area contributed by atoms with Crippen molar-refractivity contribution in [3.8, 4) is 5.75 Å². The van der Waals surface area contributed by atoms with Crippen molar-refractivity contribution in [3.63, 3.8) is 0 Å². The zero-order valence-corrected chi connectivity index (χ0v) is 15.8. The van der Waals surface area contributed by atoms with Gasteiger partial charge in [-0.1, -0.05) is 0 Å². The van der Waals surface area contributed by atoms with Gasteiger partial charge < -0.3 is 14.8 Å². The van der Waals surface area contributed by atoms with Crippen molar-refractivity contribution >= 4 is 35.1 Å². The molecule has 0 bridgehead atoms. The van der Waals surface area contributed by atoms with Gasteiger partial charge in [0.15, 0.2) is 6.61 Å². The summed E-state index contributed by atoms with van der Waals surface area (Å²) in [5, 5.41) is 2.36. The van der Waals surface area contributed by atoms with E-state index in [1.165, 1.54) is 36.4 Å². The van der Waals surface area contributed by atoms with E-state index in [0.717, 1.165) is 17.0 Å². The molecule has 0 aromatic heterocycles. The van der Waals surface area contributed by atoms with E-state index in [4.69, 9.17) is 4.74 Å². The monoisotopic (exact) mass is 436 g/mol. The van der Waals surface area contributed by atoms with Crippen LogP contribution in [0, 0.1) is 0 Å². The Kier molecular flexibility index (Phi) is 6.23. The van der Waals surface area contributed by atoms with Crippen molar-refractivity contribution in [2.24, 2.45) is 0 Å². The fourth-order valence-electron chi connectivity index (χ4n) is 2.76. The van der Waals surface area contributed by atoms with E-state index in [0.29, 0.717) is 5.69 Å². The summed E-state index contributed by atoms with van der Waals surface area (Å²) in [5.41, 5.74) is 0.615. The Balaban J connectivity index is 1.50. The molecule has 162 valence electrons. The molecule has 11 heteroatoms. The van der Waals surface area contributed by atoms with Crippen molar-refractivity contribution in [2.75, 3.05) is 16.8 Å². The lowest BCUT2D eigenvalue weighted by Gasteiger charge is -2.14. The number of alkyl halides is 3. The molecule has 31 heavy (non-hydrogen) atoms. The fourth-order valence-corrected chi connectivity index (χ4v) is 2.76. The topological polar surface area (TPSA) is 102 Å². The summed E-state index contributed by atoms with van der Waals surface area (Å²) >= 11 is 0. The van der Waals surface area contributed by atoms with Crippen molar-refractivity contribution in [2.45, 2.75) is 19.2 Å². The number of nitrogens with zero attached hydrogens (tertiary/aromatic N) is 1. The average Bonchev–Trinajstić information content (AvgIpc) is 3.05. The zero-order valence-electron chi connectivity index (χ0n) is 15.8. The second-order valence-corrected chi connectivity index (χ2v) is 6.37. The Bertz CT molecular complexity index is 987. The van der Waals surface area contributed by atoms with Gasteiger partial charge in [0.2, 0.25) is 11.8 Å². The van der Waals surface area contributed by atoms with E-state index in [-0.39, 0.29) is 35.9 Å². The smallest absolute Gasteiger partial charge is 0.452 e. The summed E-state index contributed by atoms with van der Waals surface area (Å²) in [6.07, 6.45) is -4.55. The Labute approximate surface area is 173 Å². The molecule has 1 aliphatic heterocycles. The van der Waals surface area contributed by atoms with Crippen LogP contribution >= 0.6 is 0 Å². The molecule has 1 heterocycles. The molecule has 8 nitrogen and oxygen atoms in total. The molecule has 0 spiro atoms. The average molecular weight is 436 g/mol. The molecular weight excluding hydrogens is 421 g/mol. The fraction of sp³-hybridized carbons (Fsp3) is 0.200. The standard InChI is InChI=1S/C20H15F3N2O6/c21-20(22,23)31-15-7-3-13(4-8-15)24-16(26)11-30-19(29)12-1-5-14(6-2-12)25-17(27)9-10-18(25)28/h1-8H,9-11H2,(H,24,26). The summed E-state index contributed by atoms with van der Waals surface area (Å²) in [4.78, 5) is 48.4. The number of halogens is 3. The third kappa shape index (κ3) is 5.81. The number of benzene rings is 2. The van der Waals surface area contributed by atoms with Gasteiger partial charge in [0.1, 0.15) is 5.75 Å². The van der Waals surface area contributed by atoms with Crippen LogP contribution in [0.3, 0.4) is 0 Å². The van der Waals surface area contributed by atoms with E-state index >= 15 is 0 Å². The Hall–Kier alpha value is -3.89. The highest BCUT2D eigenvalue weighted by atomic mass is 19.4. The summed E-state index contributed by atoms with van der Waals surface area (Å²) < 4.78 is 45.0. The van der Waals surface area contributed by atoms with Crippen LogP contribution in [0.5, 0.6) is 5.75 Å². The number of hydrogen-bond acceptors (Lipinski definition) is 6. The van der Waals surface area contributed by atoms with E-state index in [1.807, 2.05) is 0 Å². The molecule has 1 aliphatic rings. The van der Waals surface area contributed by atoms with E-state index < -0.39 is 30.6 Å². The number of rotatable bonds is 6. The predicted molar refractivity (Wildman–Crippen MR) is 100 cm³/mol. The molecule has 2 aromatic rings. The highest BCUT2D eigenvalue weighted by molar-refractivity contribution is 6.19. The van der Waals surface area contributed by atoms with Crippen LogP contribution in [-0.4, -0.2) is 36.7 Å². The lowest BCUT2D eigenvalue weighted by Crippen LogP contribution is -2.28. The number of hydrogen-bond donors (Lipinski definition) is 1. The number of carbonyl (C=O) groups is 4. The Morgan fingerprint density at radius 3 is 2.06 bits per heavy atom. The number of ether oxygens (including phenoxy) is 2. The molecule has 0 aliphatic carbocycles. The quantitative estimate of drug-likeness (QED) is 0.552. The third-order valence-corrected chi connectivity index (χ3v) is 4.12. The molecule has 1 saturated heterocycles. The molecule has 0 unspecified atom stereocenters. The third-order valence-electron chi connectivity index (χ3n) is 4.12. The summed E-state index contributed by atoms with van der Waals surface area (Å²) in [6, 6.07) is 9.98. The highest BCUT2D eigenvalue weighted by Crippen LogP contribution is 2.24. The number of imide groups is 1. The highest BCUT2D eigenvalue weighted by Gasteiger charge is 2.31. The van der Waals surface area contributed by atoms with Crippen molar-refractivity contribution in [3.05, 3.63) is 54.1 Å². The largest absolute Gasteiger partial charge is 0.573 e. The maximum absolute atomic E-state index is 12.1. The van der Waals surface area contributed by atoms with Crippen LogP contribution in [0.25, 0.3) is 0 Å². The number of anilines is 2. The van der Waals surface area contributed by atoms with E-state index in [2.05, 4.69) is 10.1 Å². The number of carbonyl (C=O) groups excluding carboxylic acids is 4. The number of esters is 1. The van der Waals surface area contributed by atoms with Crippen LogP contribution in [0.1, 0.15) is 23.2 Å². The SMILES string of the molecule is O=C(COC(=O)c1ccc(N2C(=O)CCC2=O)cc1)Nc1ccc(OC(F)(F)F)cc1. The van der Waals surface area contributed by atoms with Crippen LogP contribution in [0.15, 0.2) is 48.5 Å². The van der Waals surface area contributed by atoms with Crippen molar-refractivity contribution in [1.82, 2.24) is 0 Å². The van der Waals surface area contributed by atoms with Gasteiger partial charge in [-0.25, -0.2) is 4.79 Å². The van der Waals surface area contributed by atoms with Gasteiger partial charge >= 0.3 is 12.3 Å². The van der Waals surface area contributed by atoms with Crippen molar-refractivity contribution in [1.29, 1.82) is 0 Å². The minimum Gasteiger partial charge on any atom is -0.452 e. The van der Waals surface area contributed by atoms with Gasteiger partial charge in [-0.2, -0.15) is 0 Å². The molecule has 0 radical (unpaired) electrons. The normalized spacial score (nSPS) is 13.8. The van der Waals surface area contributed by atoms with Crippen LogP contribution in [0.4, 0.5) is 24.5 Å². The van der Waals surface area contributed by atoms with Crippen molar-refractivity contribution < 1.29 is 41.8 Å². The Morgan fingerprint density at radius 1 is 0.935 bits per heavy atom. The molecule has 2 aromatic carbocycles. The molecule has 0 atom stereocenters. The molecule has 3 rings (SSSR count). The first-order valence-electron chi connectivity index (χ1n) is 8.91. The van der Waals surface area contributed by atoms with Crippen LogP contribution < -0.4 is 15.0 Å². The van der Waals surface area contributed by atoms with Crippen LogP contribution in [0.2, 0.25) is 0 Å². The first-order chi connectivity index (χ1) is 14.6. The summed E-state index contributed by atoms with van der Waals surface area (Å²) in [7, 11) is 0. The Morgan fingerprint density at radius 2 is 1.52 bits per heavy atom. The molecule has 1 N–H and O–H groups in total. The lowest BCUT2D eigenvalue weighted by molar-refractivity contribution is -0.274. The van der Waals surface area contributed by atoms with E-state index in [1.54, 1.807) is 0 Å². The molecule has 1 fully saturated rings. The van der Waals surface area contributed by atoms with Gasteiger partial charge in [-0.05, 0) is 48.5 Å². The second-order valence-electron chi connectivity index (χ2n) is 6.37. The minimum absolute atomic E-state index is 0.101. The molecular formula is C20H15F3N2O6. The van der Waals surface area contributed by atoms with Crippen LogP contribution in [-0.2, 0) is 19.1 Å². The summed E-state index contributed by atoms with van der Waals surface area (Å²) in [5.74, 6) is -2.61. The second kappa shape index (κ2) is 8.86. The number of amides is 3. The maximum Gasteiger partial charge on any atom is 0.573 e. The summed E-state index contributed by atoms with van der Waals surface area (Å²) in [6.45, 7) is -0.634. The predicted octanol–water partition coefficient (Wildman–Crippen LogP) is 3.03. The van der Waals surface area contributed by atoms with E-state index in [9.17, 15) is 32.3 Å². The lowest BCUT2D eigenvalue weighted by atomic mass is 10.2. The van der Waals surface area contributed by atoms with Gasteiger partial charge in [-0.15, -0.1) is 13.2 Å². The van der Waals surface area contributed by atoms with Gasteiger partial charge in [0, 0.05) is 18.5 Å². The maximum atomic E-state index is 12.1. The van der Waals surface area contributed by atoms with Gasteiger partial charge in [0.05, 0.1) is 11.3 Å². The minimum atomic E-state index is -4.82. The van der Waals surface area contributed by atoms with Gasteiger partial charge in [-0.3, -0.25) is 19.3 Å². The van der Waals surface area contributed by atoms with Gasteiger partial charge in [0.25, 0.3) is 5.91 Å². The first kappa shape index (κ1) is 21.8.